The molecule has 0 aromatic carbocycles. The van der Waals surface area contributed by atoms with Crippen LogP contribution in [0.25, 0.3) is 0 Å². The van der Waals surface area contributed by atoms with E-state index in [9.17, 15) is 4.79 Å². The van der Waals surface area contributed by atoms with Crippen LogP contribution >= 0.6 is 0 Å². The topological polar surface area (TPSA) is 53.0 Å². The molecule has 5 nitrogen and oxygen atoms in total. The predicted octanol–water partition coefficient (Wildman–Crippen LogP) is 1.92. The monoisotopic (exact) mass is 312 g/mol. The molecule has 1 aliphatic carbocycles. The van der Waals surface area contributed by atoms with Crippen molar-refractivity contribution in [3.8, 4) is 0 Å². The van der Waals surface area contributed by atoms with Gasteiger partial charge in [-0.1, -0.05) is 26.2 Å². The van der Waals surface area contributed by atoms with Crippen molar-refractivity contribution < 1.29 is 14.6 Å². The lowest BCUT2D eigenvalue weighted by molar-refractivity contribution is -0.138. The molecule has 0 aromatic heterocycles. The second kappa shape index (κ2) is 8.85. The first-order valence-electron chi connectivity index (χ1n) is 8.81. The van der Waals surface area contributed by atoms with Gasteiger partial charge < -0.3 is 9.84 Å². The van der Waals surface area contributed by atoms with Crippen LogP contribution in [0.4, 0.5) is 0 Å². The van der Waals surface area contributed by atoms with Crippen LogP contribution in [0, 0.1) is 11.8 Å². The Morgan fingerprint density at radius 2 is 2.14 bits per heavy atom. The second-order valence-electron chi connectivity index (χ2n) is 7.15. The molecule has 1 saturated heterocycles. The molecule has 1 N–H and O–H groups in total. The zero-order chi connectivity index (χ0) is 15.9. The van der Waals surface area contributed by atoms with Gasteiger partial charge in [-0.05, 0) is 31.7 Å². The van der Waals surface area contributed by atoms with Crippen molar-refractivity contribution in [1.82, 2.24) is 9.80 Å². The predicted molar refractivity (Wildman–Crippen MR) is 87.1 cm³/mol. The summed E-state index contributed by atoms with van der Waals surface area (Å²) in [5, 5.41) is 8.84. The van der Waals surface area contributed by atoms with E-state index >= 15 is 0 Å². The third-order valence-electron chi connectivity index (χ3n) is 5.13. The number of carboxylic acids is 1. The minimum Gasteiger partial charge on any atom is -0.480 e. The van der Waals surface area contributed by atoms with Crippen molar-refractivity contribution in [2.75, 3.05) is 46.4 Å². The van der Waals surface area contributed by atoms with Gasteiger partial charge in [0.05, 0.1) is 19.3 Å². The van der Waals surface area contributed by atoms with Crippen LogP contribution in [-0.4, -0.2) is 73.4 Å². The van der Waals surface area contributed by atoms with Crippen molar-refractivity contribution in [3.63, 3.8) is 0 Å². The molecule has 2 fully saturated rings. The van der Waals surface area contributed by atoms with E-state index in [1.54, 1.807) is 0 Å². The molecule has 0 bridgehead atoms. The van der Waals surface area contributed by atoms with Gasteiger partial charge in [0, 0.05) is 26.2 Å². The highest BCUT2D eigenvalue weighted by atomic mass is 16.5. The maximum absolute atomic E-state index is 10.7. The van der Waals surface area contributed by atoms with Gasteiger partial charge in [0.15, 0.2) is 0 Å². The van der Waals surface area contributed by atoms with Crippen LogP contribution in [-0.2, 0) is 9.53 Å². The molecule has 2 rings (SSSR count). The van der Waals surface area contributed by atoms with Gasteiger partial charge in [-0.3, -0.25) is 14.6 Å². The third kappa shape index (κ3) is 5.86. The summed E-state index contributed by atoms with van der Waals surface area (Å²) in [6, 6.07) is 0. The standard InChI is InChI=1S/C17H32N2O3/c1-3-14-5-4-6-15(9-14)10-19-7-8-22-16(12-19)11-18(2)13-17(20)21/h14-16H,3-13H2,1-2H3,(H,20,21). The summed E-state index contributed by atoms with van der Waals surface area (Å²) < 4.78 is 5.82. The molecule has 128 valence electrons. The number of hydrogen-bond acceptors (Lipinski definition) is 4. The average molecular weight is 312 g/mol. The molecule has 0 aromatic rings. The quantitative estimate of drug-likeness (QED) is 0.778. The number of carboxylic acid groups (broad SMARTS) is 1. The van der Waals surface area contributed by atoms with E-state index in [1.807, 2.05) is 11.9 Å². The van der Waals surface area contributed by atoms with Crippen LogP contribution in [0.15, 0.2) is 0 Å². The number of morpholine rings is 1. The molecule has 0 radical (unpaired) electrons. The normalized spacial score (nSPS) is 30.6. The summed E-state index contributed by atoms with van der Waals surface area (Å²) in [5.41, 5.74) is 0. The molecule has 0 spiro atoms. The van der Waals surface area contributed by atoms with E-state index in [4.69, 9.17) is 9.84 Å². The van der Waals surface area contributed by atoms with Gasteiger partial charge in [-0.15, -0.1) is 0 Å². The number of carbonyl (C=O) groups is 1. The number of likely N-dealkylation sites (N-methyl/N-ethyl adjacent to an activating group) is 1. The fourth-order valence-electron chi connectivity index (χ4n) is 4.00. The minimum absolute atomic E-state index is 0.0840. The van der Waals surface area contributed by atoms with Gasteiger partial charge in [-0.2, -0.15) is 0 Å². The maximum Gasteiger partial charge on any atom is 0.317 e. The van der Waals surface area contributed by atoms with E-state index in [2.05, 4.69) is 11.8 Å². The van der Waals surface area contributed by atoms with Crippen molar-refractivity contribution in [2.45, 2.75) is 45.1 Å². The van der Waals surface area contributed by atoms with Crippen molar-refractivity contribution in [3.05, 3.63) is 0 Å². The van der Waals surface area contributed by atoms with E-state index < -0.39 is 5.97 Å². The molecule has 1 saturated carbocycles. The minimum atomic E-state index is -0.775. The fourth-order valence-corrected chi connectivity index (χ4v) is 4.00. The summed E-state index contributed by atoms with van der Waals surface area (Å²) in [7, 11) is 1.85. The number of aliphatic carboxylic acids is 1. The first-order chi connectivity index (χ1) is 10.6. The molecule has 0 amide bonds. The van der Waals surface area contributed by atoms with Gasteiger partial charge in [0.1, 0.15) is 0 Å². The highest BCUT2D eigenvalue weighted by Gasteiger charge is 2.27. The second-order valence-corrected chi connectivity index (χ2v) is 7.15. The highest BCUT2D eigenvalue weighted by Crippen LogP contribution is 2.31. The molecule has 22 heavy (non-hydrogen) atoms. The summed E-state index contributed by atoms with van der Waals surface area (Å²) in [6.07, 6.45) is 7.03. The zero-order valence-corrected chi connectivity index (χ0v) is 14.2. The van der Waals surface area contributed by atoms with Gasteiger partial charge >= 0.3 is 5.97 Å². The van der Waals surface area contributed by atoms with Gasteiger partial charge in [-0.25, -0.2) is 0 Å². The molecule has 3 atom stereocenters. The van der Waals surface area contributed by atoms with Crippen LogP contribution in [0.3, 0.4) is 0 Å². The van der Waals surface area contributed by atoms with Gasteiger partial charge in [0.25, 0.3) is 0 Å². The molecule has 2 aliphatic rings. The van der Waals surface area contributed by atoms with Crippen molar-refractivity contribution in [2.24, 2.45) is 11.8 Å². The summed E-state index contributed by atoms with van der Waals surface area (Å²) in [4.78, 5) is 15.1. The Balaban J connectivity index is 1.74. The Labute approximate surface area is 134 Å². The van der Waals surface area contributed by atoms with Gasteiger partial charge in [0.2, 0.25) is 0 Å². The number of ether oxygens (including phenoxy) is 1. The van der Waals surface area contributed by atoms with Crippen LogP contribution < -0.4 is 0 Å². The van der Waals surface area contributed by atoms with Crippen LogP contribution in [0.2, 0.25) is 0 Å². The third-order valence-corrected chi connectivity index (χ3v) is 5.13. The Hall–Kier alpha value is -0.650. The van der Waals surface area contributed by atoms with E-state index in [0.717, 1.165) is 31.5 Å². The first kappa shape index (κ1) is 17.7. The average Bonchev–Trinajstić information content (AvgIpc) is 2.47. The lowest BCUT2D eigenvalue weighted by Crippen LogP contribution is -2.49. The number of hydrogen-bond donors (Lipinski definition) is 1. The van der Waals surface area contributed by atoms with Crippen molar-refractivity contribution >= 4 is 5.97 Å². The number of rotatable bonds is 7. The summed E-state index contributed by atoms with van der Waals surface area (Å²) in [5.74, 6) is 0.995. The highest BCUT2D eigenvalue weighted by molar-refractivity contribution is 5.68. The molecule has 3 unspecified atom stereocenters. The Morgan fingerprint density at radius 1 is 1.36 bits per heavy atom. The number of nitrogens with zero attached hydrogens (tertiary/aromatic N) is 2. The molecular weight excluding hydrogens is 280 g/mol. The first-order valence-corrected chi connectivity index (χ1v) is 8.81. The molecular formula is C17H32N2O3. The maximum atomic E-state index is 10.7. The van der Waals surface area contributed by atoms with Crippen LogP contribution in [0.5, 0.6) is 0 Å². The molecule has 1 heterocycles. The summed E-state index contributed by atoms with van der Waals surface area (Å²) >= 11 is 0. The molecule has 1 aliphatic heterocycles. The fraction of sp³-hybridized carbons (Fsp3) is 0.941. The Morgan fingerprint density at radius 3 is 2.86 bits per heavy atom. The SMILES string of the molecule is CCC1CCCC(CN2CCOC(CN(C)CC(=O)O)C2)C1. The molecule has 5 heteroatoms. The van der Waals surface area contributed by atoms with Crippen molar-refractivity contribution in [1.29, 1.82) is 0 Å². The Kier molecular flexibility index (Phi) is 7.12. The summed E-state index contributed by atoms with van der Waals surface area (Å²) in [6.45, 7) is 7.03. The Bertz CT molecular complexity index is 351. The lowest BCUT2D eigenvalue weighted by Gasteiger charge is -2.38. The smallest absolute Gasteiger partial charge is 0.317 e. The van der Waals surface area contributed by atoms with E-state index in [0.29, 0.717) is 6.54 Å². The largest absolute Gasteiger partial charge is 0.480 e. The van der Waals surface area contributed by atoms with Crippen LogP contribution in [0.1, 0.15) is 39.0 Å². The zero-order valence-electron chi connectivity index (χ0n) is 14.2. The van der Waals surface area contributed by atoms with E-state index in [1.165, 1.54) is 38.6 Å². The lowest BCUT2D eigenvalue weighted by atomic mass is 9.80. The van der Waals surface area contributed by atoms with E-state index in [-0.39, 0.29) is 12.6 Å².